The van der Waals surface area contributed by atoms with Crippen LogP contribution in [0.2, 0.25) is 0 Å². The highest BCUT2D eigenvalue weighted by molar-refractivity contribution is 5.99. The number of phenols is 1. The second-order valence-corrected chi connectivity index (χ2v) is 15.6. The van der Waals surface area contributed by atoms with Crippen molar-refractivity contribution in [2.45, 2.75) is 137 Å². The fourth-order valence-electron chi connectivity index (χ4n) is 10.0. The first-order valence-electron chi connectivity index (χ1n) is 18.4. The predicted molar refractivity (Wildman–Crippen MR) is 192 cm³/mol. The Bertz CT molecular complexity index is 1520. The Hall–Kier alpha value is -2.85. The van der Waals surface area contributed by atoms with Crippen LogP contribution >= 0.6 is 0 Å². The van der Waals surface area contributed by atoms with E-state index in [1.165, 1.54) is 103 Å². The summed E-state index contributed by atoms with van der Waals surface area (Å²) in [4.78, 5) is 8.52. The van der Waals surface area contributed by atoms with Gasteiger partial charge in [-0.05, 0) is 168 Å². The van der Waals surface area contributed by atoms with Gasteiger partial charge in [-0.15, -0.1) is 0 Å². The number of aliphatic hydroxyl groups excluding tert-OH is 1. The molecule has 2 aromatic rings. The smallest absolute Gasteiger partial charge is 0.115 e. The molecule has 4 heteroatoms. The first-order chi connectivity index (χ1) is 22.2. The molecule has 46 heavy (non-hydrogen) atoms. The van der Waals surface area contributed by atoms with Crippen LogP contribution in [0.3, 0.4) is 0 Å². The van der Waals surface area contributed by atoms with Crippen molar-refractivity contribution < 1.29 is 10.2 Å². The molecule has 4 nitrogen and oxygen atoms in total. The van der Waals surface area contributed by atoms with Crippen molar-refractivity contribution in [1.29, 1.82) is 0 Å². The van der Waals surface area contributed by atoms with Crippen molar-refractivity contribution in [3.8, 4) is 5.75 Å². The lowest BCUT2D eigenvalue weighted by molar-refractivity contribution is -0.0377. The van der Waals surface area contributed by atoms with Crippen molar-refractivity contribution in [3.05, 3.63) is 81.8 Å². The number of benzene rings is 1. The molecule has 0 saturated heterocycles. The van der Waals surface area contributed by atoms with Gasteiger partial charge in [-0.25, -0.2) is 0 Å². The molecule has 2 fully saturated rings. The number of nitrogens with zero attached hydrogens (tertiary/aromatic N) is 1. The van der Waals surface area contributed by atoms with E-state index in [-0.39, 0.29) is 11.5 Å². The summed E-state index contributed by atoms with van der Waals surface area (Å²) in [6, 6.07) is 8.36. The van der Waals surface area contributed by atoms with E-state index in [0.717, 1.165) is 37.8 Å². The van der Waals surface area contributed by atoms with Gasteiger partial charge >= 0.3 is 0 Å². The normalized spacial score (nSPS) is 29.8. The lowest BCUT2D eigenvalue weighted by atomic mass is 9.52. The van der Waals surface area contributed by atoms with E-state index in [1.54, 1.807) is 0 Å². The van der Waals surface area contributed by atoms with Gasteiger partial charge in [0.2, 0.25) is 0 Å². The van der Waals surface area contributed by atoms with E-state index in [9.17, 15) is 10.2 Å². The average molecular weight is 623 g/mol. The molecular weight excluding hydrogens is 564 g/mol. The van der Waals surface area contributed by atoms with Gasteiger partial charge in [0.05, 0.1) is 11.8 Å². The highest BCUT2D eigenvalue weighted by atomic mass is 16.3. The summed E-state index contributed by atoms with van der Waals surface area (Å²) in [5, 5.41) is 21.2. The maximum atomic E-state index is 10.9. The molecule has 0 radical (unpaired) electrons. The quantitative estimate of drug-likeness (QED) is 0.163. The third kappa shape index (κ3) is 6.75. The molecule has 3 N–H and O–H groups in total. The molecule has 248 valence electrons. The van der Waals surface area contributed by atoms with Crippen LogP contribution < -0.4 is 0 Å². The van der Waals surface area contributed by atoms with Crippen molar-refractivity contribution in [2.24, 2.45) is 28.2 Å². The zero-order valence-corrected chi connectivity index (χ0v) is 29.2. The lowest BCUT2D eigenvalue weighted by Gasteiger charge is -2.53. The number of aromatic amines is 1. The van der Waals surface area contributed by atoms with Gasteiger partial charge in [-0.3, -0.25) is 4.99 Å². The number of aliphatic imine (C=N–C) groups is 1. The summed E-state index contributed by atoms with van der Waals surface area (Å²) >= 11 is 0. The Kier molecular flexibility index (Phi) is 10.1. The second kappa shape index (κ2) is 14.1. The predicted octanol–water partition coefficient (Wildman–Crippen LogP) is 10.7. The highest BCUT2D eigenvalue weighted by Crippen LogP contribution is 2.62. The number of fused-ring (bicyclic) bond motifs is 5. The van der Waals surface area contributed by atoms with Crippen molar-refractivity contribution in [2.75, 3.05) is 0 Å². The van der Waals surface area contributed by atoms with Crippen LogP contribution in [0.1, 0.15) is 138 Å². The van der Waals surface area contributed by atoms with Crippen molar-refractivity contribution in [1.82, 2.24) is 4.98 Å². The van der Waals surface area contributed by atoms with Gasteiger partial charge in [-0.2, -0.15) is 0 Å². The topological polar surface area (TPSA) is 68.6 Å². The van der Waals surface area contributed by atoms with Crippen LogP contribution in [0.5, 0.6) is 5.75 Å². The van der Waals surface area contributed by atoms with Gasteiger partial charge < -0.3 is 15.2 Å². The number of aromatic hydroxyl groups is 1. The number of aliphatic hydroxyl groups is 1. The van der Waals surface area contributed by atoms with Gasteiger partial charge in [0.15, 0.2) is 0 Å². The Labute approximate surface area is 278 Å². The van der Waals surface area contributed by atoms with E-state index < -0.39 is 0 Å². The van der Waals surface area contributed by atoms with Crippen LogP contribution in [0.15, 0.2) is 58.8 Å². The van der Waals surface area contributed by atoms with Crippen molar-refractivity contribution in [3.63, 3.8) is 0 Å². The van der Waals surface area contributed by atoms with E-state index in [1.807, 2.05) is 12.1 Å². The zero-order chi connectivity index (χ0) is 32.4. The summed E-state index contributed by atoms with van der Waals surface area (Å²) in [5.41, 5.74) is 11.7. The summed E-state index contributed by atoms with van der Waals surface area (Å²) in [6.45, 7) is 11.0. The van der Waals surface area contributed by atoms with Gasteiger partial charge in [0.25, 0.3) is 0 Å². The number of aryl methyl sites for hydroxylation is 2. The molecule has 6 rings (SSSR count). The first kappa shape index (κ1) is 33.1. The summed E-state index contributed by atoms with van der Waals surface area (Å²) in [7, 11) is 0. The van der Waals surface area contributed by atoms with Crippen LogP contribution in [0, 0.1) is 37.0 Å². The molecule has 3 aliphatic carbocycles. The lowest BCUT2D eigenvalue weighted by Crippen LogP contribution is -2.47. The van der Waals surface area contributed by atoms with E-state index >= 15 is 0 Å². The molecular formula is C42H58N2O2. The highest BCUT2D eigenvalue weighted by Gasteiger charge is 2.56. The molecule has 0 spiro atoms. The largest absolute Gasteiger partial charge is 0.508 e. The summed E-state index contributed by atoms with van der Waals surface area (Å²) in [5.74, 6) is 2.83. The molecule has 6 atom stereocenters. The number of H-pyrrole nitrogens is 1. The zero-order valence-electron chi connectivity index (χ0n) is 29.2. The number of allylic oxidation sites excluding steroid dienone is 5. The minimum absolute atomic E-state index is 0.0787. The Morgan fingerprint density at radius 2 is 1.76 bits per heavy atom. The summed E-state index contributed by atoms with van der Waals surface area (Å²) < 4.78 is 0. The molecule has 2 saturated carbocycles. The molecule has 2 heterocycles. The molecule has 0 unspecified atom stereocenters. The third-order valence-corrected chi connectivity index (χ3v) is 12.3. The standard InChI is InChI=1S/C42H58N2O2/c1-27-23-29(3)43-40(27)36(41-28(2)24-30(4)44-41)16-14-12-10-8-6-7-9-11-13-15-31-25-32-26-33(45)17-18-34(32)35-21-22-42(5)37(39(31)35)19-20-38(42)46/h11,13,17-18,23-24,26,31,35,37-39,43,45-46H,6-10,12,14-16,19-22,25H2,1-5H3/b13-11+,41-36-/t31-,35-,37+,38-,39-,42+/m1/s1. The second-order valence-electron chi connectivity index (χ2n) is 15.6. The molecule has 0 bridgehead atoms. The first-order valence-corrected chi connectivity index (χ1v) is 18.4. The van der Waals surface area contributed by atoms with Gasteiger partial charge in [0.1, 0.15) is 5.75 Å². The van der Waals surface area contributed by atoms with E-state index in [0.29, 0.717) is 29.4 Å². The summed E-state index contributed by atoms with van der Waals surface area (Å²) in [6.07, 6.45) is 23.5. The number of nitrogens with one attached hydrogen (secondary N) is 1. The fourth-order valence-corrected chi connectivity index (χ4v) is 10.0. The maximum Gasteiger partial charge on any atom is 0.115 e. The molecule has 1 aromatic carbocycles. The van der Waals surface area contributed by atoms with E-state index in [4.69, 9.17) is 4.99 Å². The molecule has 1 aliphatic heterocycles. The number of aromatic nitrogens is 1. The number of hydrogen-bond acceptors (Lipinski definition) is 3. The average Bonchev–Trinajstić information content (AvgIpc) is 3.65. The number of phenolic OH excluding ortho intramolecular Hbond substituents is 1. The Morgan fingerprint density at radius 3 is 2.50 bits per heavy atom. The molecule has 0 amide bonds. The minimum Gasteiger partial charge on any atom is -0.508 e. The third-order valence-electron chi connectivity index (χ3n) is 12.3. The molecule has 4 aliphatic rings. The monoisotopic (exact) mass is 622 g/mol. The fraction of sp³-hybridized carbons (Fsp3) is 0.595. The Morgan fingerprint density at radius 1 is 0.978 bits per heavy atom. The van der Waals surface area contributed by atoms with Gasteiger partial charge in [0, 0.05) is 22.7 Å². The van der Waals surface area contributed by atoms with E-state index in [2.05, 4.69) is 70.0 Å². The van der Waals surface area contributed by atoms with Gasteiger partial charge in [-0.1, -0.05) is 50.8 Å². The number of rotatable bonds is 12. The van der Waals surface area contributed by atoms with Crippen LogP contribution in [-0.2, 0) is 6.42 Å². The molecule has 1 aromatic heterocycles. The van der Waals surface area contributed by atoms with Crippen LogP contribution in [-0.4, -0.2) is 27.0 Å². The van der Waals surface area contributed by atoms with Crippen molar-refractivity contribution >= 4 is 11.3 Å². The maximum absolute atomic E-state index is 10.9. The number of unbranched alkanes of at least 4 members (excludes halogenated alkanes) is 6. The minimum atomic E-state index is -0.144. The SMILES string of the molecule is CC1=CC(C)=N/C1=C(/CCCCCCCC/C=C/C[C@@H]1Cc2cc(O)ccc2[C@H]2CC[C@]3(C)[C@H](O)CC[C@H]3[C@H]12)c1[nH]c(C)cc1C. The van der Waals surface area contributed by atoms with Crippen LogP contribution in [0.4, 0.5) is 0 Å². The van der Waals surface area contributed by atoms with Crippen LogP contribution in [0.25, 0.3) is 5.57 Å². The number of hydrogen-bond donors (Lipinski definition) is 3. The Balaban J connectivity index is 0.959.